The minimum Gasteiger partial charge on any atom is -0.478 e. The highest BCUT2D eigenvalue weighted by atomic mass is 35.5. The molecular formula is C23H27ClN6O2. The molecule has 1 fully saturated rings. The highest BCUT2D eigenvalue weighted by Gasteiger charge is 2.36. The third-order valence-corrected chi connectivity index (χ3v) is 5.79. The predicted molar refractivity (Wildman–Crippen MR) is 122 cm³/mol. The molecule has 168 valence electrons. The van der Waals surface area contributed by atoms with Crippen LogP contribution in [0.25, 0.3) is 5.69 Å². The third kappa shape index (κ3) is 5.08. The Bertz CT molecular complexity index is 1060. The molecule has 1 amide bonds. The lowest BCUT2D eigenvalue weighted by atomic mass is 10.1. The van der Waals surface area contributed by atoms with Crippen molar-refractivity contribution in [3.8, 4) is 11.4 Å². The number of hydrogen-bond donors (Lipinski definition) is 0. The van der Waals surface area contributed by atoms with Gasteiger partial charge in [-0.1, -0.05) is 29.3 Å². The molecule has 4 rings (SSSR count). The molecule has 9 heteroatoms. The number of nitrogens with zero attached hydrogens (tertiary/aromatic N) is 6. The van der Waals surface area contributed by atoms with Crippen molar-refractivity contribution >= 4 is 17.5 Å². The molecule has 0 N–H and O–H groups in total. The molecule has 0 bridgehead atoms. The number of ether oxygens (including phenoxy) is 1. The first-order chi connectivity index (χ1) is 15.3. The maximum Gasteiger partial charge on any atom is 0.266 e. The molecule has 1 aromatic heterocycles. The van der Waals surface area contributed by atoms with E-state index < -0.39 is 5.60 Å². The average Bonchev–Trinajstić information content (AvgIpc) is 3.24. The summed E-state index contributed by atoms with van der Waals surface area (Å²) < 4.78 is 7.73. The monoisotopic (exact) mass is 454 g/mol. The number of amides is 1. The van der Waals surface area contributed by atoms with Gasteiger partial charge in [-0.2, -0.15) is 4.68 Å². The van der Waals surface area contributed by atoms with Crippen LogP contribution < -0.4 is 4.74 Å². The summed E-state index contributed by atoms with van der Waals surface area (Å²) in [5.74, 6) is 1.37. The van der Waals surface area contributed by atoms with Crippen LogP contribution in [0.2, 0.25) is 5.02 Å². The van der Waals surface area contributed by atoms with Gasteiger partial charge in [-0.05, 0) is 67.6 Å². The molecule has 2 heterocycles. The van der Waals surface area contributed by atoms with Crippen LogP contribution in [-0.2, 0) is 11.3 Å². The van der Waals surface area contributed by atoms with E-state index in [1.165, 1.54) is 5.56 Å². The number of piperazine rings is 1. The zero-order valence-electron chi connectivity index (χ0n) is 18.5. The zero-order valence-corrected chi connectivity index (χ0v) is 19.3. The van der Waals surface area contributed by atoms with Crippen molar-refractivity contribution in [2.45, 2.75) is 32.9 Å². The molecular weight excluding hydrogens is 428 g/mol. The SMILES string of the molecule is Cc1ccc(-n2nnnc2CN2CCN(C(=O)C(C)(C)Oc3ccc(Cl)cc3)CC2)cc1. The number of carbonyl (C=O) groups excluding carboxylic acids is 1. The van der Waals surface area contributed by atoms with Gasteiger partial charge in [-0.15, -0.1) is 5.10 Å². The van der Waals surface area contributed by atoms with E-state index in [0.717, 1.165) is 24.6 Å². The van der Waals surface area contributed by atoms with Crippen molar-refractivity contribution in [1.29, 1.82) is 0 Å². The summed E-state index contributed by atoms with van der Waals surface area (Å²) in [6.07, 6.45) is 0. The second kappa shape index (κ2) is 9.26. The van der Waals surface area contributed by atoms with Crippen molar-refractivity contribution < 1.29 is 9.53 Å². The molecule has 1 aliphatic rings. The van der Waals surface area contributed by atoms with Crippen molar-refractivity contribution in [3.63, 3.8) is 0 Å². The normalized spacial score (nSPS) is 15.1. The van der Waals surface area contributed by atoms with E-state index in [1.807, 2.05) is 36.1 Å². The van der Waals surface area contributed by atoms with Gasteiger partial charge >= 0.3 is 0 Å². The summed E-state index contributed by atoms with van der Waals surface area (Å²) in [5, 5.41) is 12.8. The smallest absolute Gasteiger partial charge is 0.266 e. The summed E-state index contributed by atoms with van der Waals surface area (Å²) >= 11 is 5.93. The number of rotatable bonds is 6. The quantitative estimate of drug-likeness (QED) is 0.569. The highest BCUT2D eigenvalue weighted by Crippen LogP contribution is 2.23. The first-order valence-corrected chi connectivity index (χ1v) is 11.0. The molecule has 0 aliphatic carbocycles. The van der Waals surface area contributed by atoms with Crippen molar-refractivity contribution in [2.75, 3.05) is 26.2 Å². The summed E-state index contributed by atoms with van der Waals surface area (Å²) in [6.45, 7) is 8.99. The molecule has 0 unspecified atom stereocenters. The lowest BCUT2D eigenvalue weighted by Gasteiger charge is -2.38. The first-order valence-electron chi connectivity index (χ1n) is 10.6. The molecule has 1 saturated heterocycles. The summed E-state index contributed by atoms with van der Waals surface area (Å²) in [5.41, 5.74) is 1.16. The van der Waals surface area contributed by atoms with Crippen LogP contribution >= 0.6 is 11.6 Å². The number of benzene rings is 2. The lowest BCUT2D eigenvalue weighted by molar-refractivity contribution is -0.147. The van der Waals surface area contributed by atoms with Gasteiger partial charge in [0, 0.05) is 31.2 Å². The van der Waals surface area contributed by atoms with Crippen LogP contribution in [0.15, 0.2) is 48.5 Å². The number of carbonyl (C=O) groups is 1. The molecule has 0 spiro atoms. The van der Waals surface area contributed by atoms with Crippen LogP contribution in [0.1, 0.15) is 25.2 Å². The van der Waals surface area contributed by atoms with Crippen LogP contribution in [0, 0.1) is 6.92 Å². The molecule has 32 heavy (non-hydrogen) atoms. The largest absolute Gasteiger partial charge is 0.478 e. The molecule has 0 saturated carbocycles. The fourth-order valence-corrected chi connectivity index (χ4v) is 3.85. The summed E-state index contributed by atoms with van der Waals surface area (Å²) in [6, 6.07) is 15.1. The molecule has 1 aliphatic heterocycles. The van der Waals surface area contributed by atoms with Crippen molar-refractivity contribution in [1.82, 2.24) is 30.0 Å². The Kier molecular flexibility index (Phi) is 6.43. The van der Waals surface area contributed by atoms with Gasteiger partial charge in [0.2, 0.25) is 0 Å². The number of aromatic nitrogens is 4. The second-order valence-electron chi connectivity index (χ2n) is 8.48. The molecule has 0 radical (unpaired) electrons. The standard InChI is InChI=1S/C23H27ClN6O2/c1-17-4-8-19(9-5-17)30-21(25-26-27-30)16-28-12-14-29(15-13-28)22(31)23(2,3)32-20-10-6-18(24)7-11-20/h4-11H,12-16H2,1-3H3. The Balaban J connectivity index is 1.34. The lowest BCUT2D eigenvalue weighted by Crippen LogP contribution is -2.55. The van der Waals surface area contributed by atoms with E-state index in [2.05, 4.69) is 20.4 Å². The highest BCUT2D eigenvalue weighted by molar-refractivity contribution is 6.30. The topological polar surface area (TPSA) is 76.4 Å². The fourth-order valence-electron chi connectivity index (χ4n) is 3.72. The Labute approximate surface area is 192 Å². The van der Waals surface area contributed by atoms with Crippen molar-refractivity contribution in [3.05, 3.63) is 64.9 Å². The van der Waals surface area contributed by atoms with Gasteiger partial charge in [0.15, 0.2) is 11.4 Å². The number of aryl methyl sites for hydroxylation is 1. The zero-order chi connectivity index (χ0) is 22.7. The van der Waals surface area contributed by atoms with Crippen LogP contribution in [0.4, 0.5) is 0 Å². The average molecular weight is 455 g/mol. The fraction of sp³-hybridized carbons (Fsp3) is 0.391. The molecule has 3 aromatic rings. The Morgan fingerprint density at radius 2 is 1.69 bits per heavy atom. The minimum atomic E-state index is -0.967. The number of tetrazole rings is 1. The van der Waals surface area contributed by atoms with E-state index in [0.29, 0.717) is 30.4 Å². The maximum atomic E-state index is 13.1. The van der Waals surface area contributed by atoms with Gasteiger partial charge in [0.25, 0.3) is 5.91 Å². The Hall–Kier alpha value is -2.97. The van der Waals surface area contributed by atoms with E-state index >= 15 is 0 Å². The van der Waals surface area contributed by atoms with Gasteiger partial charge in [-0.3, -0.25) is 9.69 Å². The van der Waals surface area contributed by atoms with Gasteiger partial charge in [-0.25, -0.2) is 0 Å². The summed E-state index contributed by atoms with van der Waals surface area (Å²) in [7, 11) is 0. The Morgan fingerprint density at radius 1 is 1.03 bits per heavy atom. The van der Waals surface area contributed by atoms with Gasteiger partial charge < -0.3 is 9.64 Å². The summed E-state index contributed by atoms with van der Waals surface area (Å²) in [4.78, 5) is 17.2. The number of halogens is 1. The molecule has 0 atom stereocenters. The molecule has 2 aromatic carbocycles. The van der Waals surface area contributed by atoms with E-state index in [1.54, 1.807) is 42.8 Å². The Morgan fingerprint density at radius 3 is 2.34 bits per heavy atom. The van der Waals surface area contributed by atoms with Crippen LogP contribution in [0.5, 0.6) is 5.75 Å². The molecule has 8 nitrogen and oxygen atoms in total. The van der Waals surface area contributed by atoms with E-state index in [4.69, 9.17) is 16.3 Å². The van der Waals surface area contributed by atoms with E-state index in [-0.39, 0.29) is 5.91 Å². The van der Waals surface area contributed by atoms with Gasteiger partial charge in [0.05, 0.1) is 12.2 Å². The maximum absolute atomic E-state index is 13.1. The van der Waals surface area contributed by atoms with Gasteiger partial charge in [0.1, 0.15) is 5.75 Å². The predicted octanol–water partition coefficient (Wildman–Crippen LogP) is 3.13. The van der Waals surface area contributed by atoms with E-state index in [9.17, 15) is 4.79 Å². The van der Waals surface area contributed by atoms with Crippen LogP contribution in [0.3, 0.4) is 0 Å². The first kappa shape index (κ1) is 22.2. The second-order valence-corrected chi connectivity index (χ2v) is 8.91. The van der Waals surface area contributed by atoms with Crippen LogP contribution in [-0.4, -0.2) is 67.7 Å². The third-order valence-electron chi connectivity index (χ3n) is 5.54. The van der Waals surface area contributed by atoms with Crippen molar-refractivity contribution in [2.24, 2.45) is 0 Å². The number of hydrogen-bond acceptors (Lipinski definition) is 6. The minimum absolute atomic E-state index is 0.0309.